The maximum Gasteiger partial charge on any atom is 0.430 e. The van der Waals surface area contributed by atoms with Crippen LogP contribution in [-0.4, -0.2) is 49.7 Å². The molecule has 0 spiro atoms. The van der Waals surface area contributed by atoms with Crippen molar-refractivity contribution in [3.05, 3.63) is 131 Å². The maximum absolute atomic E-state index is 14.5. The van der Waals surface area contributed by atoms with Gasteiger partial charge in [0.1, 0.15) is 22.2 Å². The Balaban J connectivity index is 1.35. The molecule has 1 amide bonds. The summed E-state index contributed by atoms with van der Waals surface area (Å²) in [4.78, 5) is 18.8. The number of carbonyl (C=O) groups excluding carboxylic acids is 1. The van der Waals surface area contributed by atoms with Crippen molar-refractivity contribution in [1.82, 2.24) is 9.88 Å². The van der Waals surface area contributed by atoms with Crippen molar-refractivity contribution in [2.45, 2.75) is 59.4 Å². The van der Waals surface area contributed by atoms with Crippen LogP contribution in [0.4, 0.5) is 39.5 Å². The Hall–Kier alpha value is -4.44. The summed E-state index contributed by atoms with van der Waals surface area (Å²) in [6, 6.07) is 11.8. The molecular weight excluding hydrogens is 727 g/mol. The van der Waals surface area contributed by atoms with Gasteiger partial charge in [0.25, 0.3) is 5.60 Å². The highest BCUT2D eigenvalue weighted by molar-refractivity contribution is 7.92. The van der Waals surface area contributed by atoms with E-state index in [1.54, 1.807) is 17.3 Å². The largest absolute Gasteiger partial charge is 0.430 e. The summed E-state index contributed by atoms with van der Waals surface area (Å²) in [6.45, 7) is -1.04. The molecule has 6 nitrogen and oxygen atoms in total. The molecule has 0 radical (unpaired) electrons. The summed E-state index contributed by atoms with van der Waals surface area (Å²) in [5, 5.41) is 0. The zero-order chi connectivity index (χ0) is 37.7. The lowest BCUT2D eigenvalue weighted by Gasteiger charge is -2.47. The van der Waals surface area contributed by atoms with Crippen molar-refractivity contribution >= 4 is 15.7 Å². The first-order valence-electron chi connectivity index (χ1n) is 15.9. The third-order valence-corrected chi connectivity index (χ3v) is 12.4. The second-order valence-corrected chi connectivity index (χ2v) is 15.1. The summed E-state index contributed by atoms with van der Waals surface area (Å²) in [6.07, 6.45) is -9.30. The van der Waals surface area contributed by atoms with Crippen LogP contribution < -0.4 is 0 Å². The van der Waals surface area contributed by atoms with E-state index in [1.807, 2.05) is 12.1 Å². The van der Waals surface area contributed by atoms with Gasteiger partial charge in [-0.15, -0.1) is 0 Å². The molecule has 6 rings (SSSR count). The number of halogens is 9. The highest BCUT2D eigenvalue weighted by Gasteiger charge is 2.73. The van der Waals surface area contributed by atoms with Crippen LogP contribution in [-0.2, 0) is 36.3 Å². The number of hydrogen-bond donors (Lipinski definition) is 0. The van der Waals surface area contributed by atoms with E-state index in [0.29, 0.717) is 43.8 Å². The molecule has 2 fully saturated rings. The molecule has 1 aliphatic carbocycles. The monoisotopic (exact) mass is 756 g/mol. The molecule has 1 aromatic heterocycles. The number of ether oxygens (including phenoxy) is 1. The van der Waals surface area contributed by atoms with Gasteiger partial charge in [-0.2, -0.15) is 26.3 Å². The van der Waals surface area contributed by atoms with Crippen molar-refractivity contribution in [1.29, 1.82) is 0 Å². The number of aromatic nitrogens is 1. The van der Waals surface area contributed by atoms with Gasteiger partial charge in [0, 0.05) is 48.4 Å². The van der Waals surface area contributed by atoms with E-state index in [-0.39, 0.29) is 35.1 Å². The predicted molar refractivity (Wildman–Crippen MR) is 168 cm³/mol. The van der Waals surface area contributed by atoms with Crippen LogP contribution in [0.15, 0.2) is 96.2 Å². The Kier molecular flexibility index (Phi) is 9.70. The van der Waals surface area contributed by atoms with E-state index in [9.17, 15) is 52.7 Å². The van der Waals surface area contributed by atoms with Crippen molar-refractivity contribution < 1.29 is 57.5 Å². The van der Waals surface area contributed by atoms with Gasteiger partial charge in [-0.05, 0) is 78.9 Å². The summed E-state index contributed by atoms with van der Waals surface area (Å²) >= 11 is 0. The zero-order valence-corrected chi connectivity index (χ0v) is 27.7. The number of likely N-dealkylation sites (tertiary alicyclic amines) is 1. The van der Waals surface area contributed by atoms with Crippen molar-refractivity contribution in [2.75, 3.05) is 13.1 Å². The van der Waals surface area contributed by atoms with Crippen LogP contribution in [0.3, 0.4) is 0 Å². The summed E-state index contributed by atoms with van der Waals surface area (Å²) in [5.74, 6) is -4.85. The van der Waals surface area contributed by atoms with Crippen LogP contribution >= 0.6 is 0 Å². The highest BCUT2D eigenvalue weighted by atomic mass is 32.2. The normalized spacial score (nSPS) is 21.2. The van der Waals surface area contributed by atoms with E-state index < -0.39 is 73.6 Å². The first kappa shape index (κ1) is 37.3. The number of rotatable bonds is 9. The molecule has 1 unspecified atom stereocenters. The summed E-state index contributed by atoms with van der Waals surface area (Å²) in [7, 11) is -4.54. The fraction of sp³-hybridized carbons (Fsp3) is 0.333. The quantitative estimate of drug-likeness (QED) is 0.127. The lowest BCUT2D eigenvalue weighted by molar-refractivity contribution is -0.392. The van der Waals surface area contributed by atoms with Crippen LogP contribution in [0.2, 0.25) is 0 Å². The molecular formula is C36H29F9N2O4S. The van der Waals surface area contributed by atoms with E-state index in [4.69, 9.17) is 0 Å². The van der Waals surface area contributed by atoms with E-state index in [2.05, 4.69) is 9.72 Å². The summed E-state index contributed by atoms with van der Waals surface area (Å²) in [5.41, 5.74) is -7.05. The Morgan fingerprint density at radius 1 is 0.827 bits per heavy atom. The average Bonchev–Trinajstić information content (AvgIpc) is 3.56. The second-order valence-electron chi connectivity index (χ2n) is 12.9. The topological polar surface area (TPSA) is 76.6 Å². The van der Waals surface area contributed by atoms with Gasteiger partial charge in [-0.25, -0.2) is 21.6 Å². The molecule has 0 bridgehead atoms. The van der Waals surface area contributed by atoms with Gasteiger partial charge >= 0.3 is 12.4 Å². The first-order valence-corrected chi connectivity index (χ1v) is 17.4. The molecule has 16 heteroatoms. The Morgan fingerprint density at radius 2 is 1.40 bits per heavy atom. The fourth-order valence-electron chi connectivity index (χ4n) is 7.08. The Bertz CT molecular complexity index is 2000. The van der Waals surface area contributed by atoms with E-state index in [0.717, 1.165) is 48.0 Å². The number of nitrogens with zero attached hydrogens (tertiary/aromatic N) is 2. The van der Waals surface area contributed by atoms with Gasteiger partial charge < -0.3 is 9.64 Å². The molecule has 3 aromatic carbocycles. The lowest BCUT2D eigenvalue weighted by atomic mass is 9.69. The van der Waals surface area contributed by atoms with Gasteiger partial charge in [0.15, 0.2) is 9.84 Å². The molecule has 1 atom stereocenters. The number of sulfone groups is 1. The predicted octanol–water partition coefficient (Wildman–Crippen LogP) is 8.13. The molecule has 4 aromatic rings. The van der Waals surface area contributed by atoms with E-state index >= 15 is 0 Å². The molecule has 1 aliphatic heterocycles. The molecule has 1 saturated carbocycles. The van der Waals surface area contributed by atoms with Crippen molar-refractivity contribution in [3.63, 3.8) is 0 Å². The van der Waals surface area contributed by atoms with Crippen molar-refractivity contribution in [2.24, 2.45) is 5.92 Å². The third-order valence-electron chi connectivity index (χ3n) is 9.93. The Labute approximate surface area is 292 Å². The average molecular weight is 757 g/mol. The number of alkyl halides is 6. The lowest BCUT2D eigenvalue weighted by Crippen LogP contribution is -2.56. The number of amides is 1. The van der Waals surface area contributed by atoms with Crippen LogP contribution in [0.25, 0.3) is 0 Å². The van der Waals surface area contributed by atoms with Gasteiger partial charge in [0.05, 0.1) is 11.5 Å². The zero-order valence-electron chi connectivity index (χ0n) is 26.9. The minimum absolute atomic E-state index is 0.00639. The maximum atomic E-state index is 14.5. The minimum Gasteiger partial charge on any atom is -0.349 e. The number of benzene rings is 3. The first-order chi connectivity index (χ1) is 24.4. The molecule has 2 heterocycles. The SMILES string of the molecule is O=C([C@H]1C[C@@](c2ccc(C(OCc3c(F)cccc3F)(C(F)(F)F)C(F)(F)F)cc2)(S(=O)(=O)c2ccc(F)cc2)C1)N1CCC(c2ccncc2)C1. The summed E-state index contributed by atoms with van der Waals surface area (Å²) < 4.78 is 160. The fourth-order valence-corrected chi connectivity index (χ4v) is 9.31. The minimum atomic E-state index is -6.22. The number of hydrogen-bond acceptors (Lipinski definition) is 5. The van der Waals surface area contributed by atoms with Gasteiger partial charge in [-0.3, -0.25) is 9.78 Å². The van der Waals surface area contributed by atoms with Gasteiger partial charge in [0.2, 0.25) is 5.91 Å². The van der Waals surface area contributed by atoms with Gasteiger partial charge in [-0.1, -0.05) is 30.3 Å². The molecule has 2 aliphatic rings. The molecule has 52 heavy (non-hydrogen) atoms. The smallest absolute Gasteiger partial charge is 0.349 e. The van der Waals surface area contributed by atoms with Crippen LogP contribution in [0, 0.1) is 23.4 Å². The molecule has 276 valence electrons. The standard InChI is InChI=1S/C36H29F9N2O4S/c37-27-8-10-28(11-9-27)52(49,50)33(18-24(19-33)32(48)47-17-14-23(20-47)22-12-15-46-16-13-22)25-4-6-26(7-5-25)34(35(40,41)42,36(43,44)45)51-21-29-30(38)2-1-3-31(29)39/h1-13,15-16,23-24H,14,17-21H2/t23?,24-,33+. The van der Waals surface area contributed by atoms with Crippen LogP contribution in [0.5, 0.6) is 0 Å². The number of carbonyl (C=O) groups is 1. The molecule has 1 saturated heterocycles. The van der Waals surface area contributed by atoms with Crippen molar-refractivity contribution in [3.8, 4) is 0 Å². The highest BCUT2D eigenvalue weighted by Crippen LogP contribution is 2.57. The Morgan fingerprint density at radius 3 is 1.96 bits per heavy atom. The van der Waals surface area contributed by atoms with Crippen LogP contribution in [0.1, 0.15) is 47.4 Å². The third kappa shape index (κ3) is 6.33. The number of pyridine rings is 1. The molecule has 0 N–H and O–H groups in total. The second kappa shape index (κ2) is 13.5. The van der Waals surface area contributed by atoms with E-state index in [1.165, 1.54) is 0 Å².